The molecule has 2 bridgehead atoms. The van der Waals surface area contributed by atoms with Crippen LogP contribution in [0, 0.1) is 11.8 Å². The minimum Gasteiger partial charge on any atom is -0.477 e. The molecule has 0 spiro atoms. The van der Waals surface area contributed by atoms with E-state index >= 15 is 0 Å². The van der Waals surface area contributed by atoms with Gasteiger partial charge in [0, 0.05) is 18.9 Å². The number of halogens is 2. The molecule has 6 nitrogen and oxygen atoms in total. The third-order valence-corrected chi connectivity index (χ3v) is 7.49. The van der Waals surface area contributed by atoms with Gasteiger partial charge in [-0.15, -0.1) is 0 Å². The molecule has 9 heteroatoms. The van der Waals surface area contributed by atoms with Crippen molar-refractivity contribution in [3.8, 4) is 0 Å². The number of hydrogen-bond acceptors (Lipinski definition) is 4. The van der Waals surface area contributed by atoms with Crippen LogP contribution in [0.5, 0.6) is 0 Å². The fraction of sp³-hybridized carbons (Fsp3) is 0.591. The topological polar surface area (TPSA) is 92.7 Å². The summed E-state index contributed by atoms with van der Waals surface area (Å²) in [5.74, 6) is -5.66. The van der Waals surface area contributed by atoms with Crippen LogP contribution in [0.25, 0.3) is 0 Å². The lowest BCUT2D eigenvalue weighted by Gasteiger charge is -2.27. The average Bonchev–Trinajstić information content (AvgIpc) is 3.33. The number of ether oxygens (including phenoxy) is 1. The Kier molecular flexibility index (Phi) is 7.82. The number of benzene rings is 1. The van der Waals surface area contributed by atoms with Crippen LogP contribution in [0.4, 0.5) is 8.78 Å². The minimum atomic E-state index is -3.72. The van der Waals surface area contributed by atoms with E-state index in [1.54, 1.807) is 12.2 Å². The molecule has 0 aliphatic carbocycles. The number of fused-ring (bicyclic) bond motifs is 2. The van der Waals surface area contributed by atoms with Gasteiger partial charge in [0.15, 0.2) is 0 Å². The molecule has 1 aromatic carbocycles. The van der Waals surface area contributed by atoms with E-state index in [2.05, 4.69) is 4.72 Å². The molecule has 0 amide bonds. The van der Waals surface area contributed by atoms with Gasteiger partial charge in [-0.05, 0) is 43.6 Å². The Hall–Kier alpha value is -1.84. The standard InChI is InChI=1S/C22H29F2NO5S/c23-22(24,21(26)27)13-6-2-5-9-17-18(20-11-10-19(17)30-20)15-25-31(28,29)14-12-16-7-3-1-4-8-16/h1-5,7-8,17-20,25H,6,9-15H2,(H,26,27)/t17-,18+,19-,20+/m1/s1. The maximum atomic E-state index is 13.1. The number of aryl methyl sites for hydroxylation is 1. The van der Waals surface area contributed by atoms with Crippen LogP contribution in [0.2, 0.25) is 0 Å². The molecule has 2 aliphatic rings. The number of carboxylic acids is 1. The summed E-state index contributed by atoms with van der Waals surface area (Å²) in [5, 5.41) is 8.46. The van der Waals surface area contributed by atoms with Crippen LogP contribution in [0.15, 0.2) is 42.5 Å². The first-order valence-corrected chi connectivity index (χ1v) is 12.3. The Labute approximate surface area is 181 Å². The zero-order valence-corrected chi connectivity index (χ0v) is 18.1. The third-order valence-electron chi connectivity index (χ3n) is 6.14. The van der Waals surface area contributed by atoms with E-state index in [9.17, 15) is 22.0 Å². The van der Waals surface area contributed by atoms with Gasteiger partial charge in [-0.3, -0.25) is 0 Å². The van der Waals surface area contributed by atoms with Gasteiger partial charge >= 0.3 is 11.9 Å². The van der Waals surface area contributed by atoms with E-state index in [0.29, 0.717) is 19.4 Å². The van der Waals surface area contributed by atoms with E-state index in [4.69, 9.17) is 9.84 Å². The van der Waals surface area contributed by atoms with E-state index < -0.39 is 28.3 Å². The summed E-state index contributed by atoms with van der Waals surface area (Å²) >= 11 is 0. The Morgan fingerprint density at radius 2 is 1.84 bits per heavy atom. The second kappa shape index (κ2) is 10.2. The zero-order chi connectivity index (χ0) is 22.5. The summed E-state index contributed by atoms with van der Waals surface area (Å²) in [6.45, 7) is 0.299. The predicted octanol–water partition coefficient (Wildman–Crippen LogP) is 3.39. The molecule has 4 atom stereocenters. The molecule has 0 radical (unpaired) electrons. The lowest BCUT2D eigenvalue weighted by atomic mass is 9.77. The van der Waals surface area contributed by atoms with Crippen molar-refractivity contribution < 1.29 is 31.8 Å². The molecule has 2 heterocycles. The maximum Gasteiger partial charge on any atom is 0.374 e. The second-order valence-corrected chi connectivity index (χ2v) is 10.2. The smallest absolute Gasteiger partial charge is 0.374 e. The summed E-state index contributed by atoms with van der Waals surface area (Å²) in [5.41, 5.74) is 0.965. The van der Waals surface area contributed by atoms with Crippen LogP contribution in [-0.4, -0.2) is 49.9 Å². The van der Waals surface area contributed by atoms with Crippen molar-refractivity contribution in [1.82, 2.24) is 4.72 Å². The van der Waals surface area contributed by atoms with Crippen LogP contribution >= 0.6 is 0 Å². The number of allylic oxidation sites excluding steroid dienone is 2. The first-order chi connectivity index (χ1) is 14.7. The van der Waals surface area contributed by atoms with Crippen LogP contribution in [0.3, 0.4) is 0 Å². The highest BCUT2D eigenvalue weighted by atomic mass is 32.2. The maximum absolute atomic E-state index is 13.1. The fourth-order valence-electron chi connectivity index (χ4n) is 4.41. The molecule has 2 fully saturated rings. The van der Waals surface area contributed by atoms with Crippen molar-refractivity contribution in [2.45, 2.75) is 56.7 Å². The highest BCUT2D eigenvalue weighted by Crippen LogP contribution is 2.45. The normalized spacial score (nSPS) is 26.0. The monoisotopic (exact) mass is 457 g/mol. The van der Waals surface area contributed by atoms with Gasteiger partial charge < -0.3 is 9.84 Å². The Morgan fingerprint density at radius 3 is 2.52 bits per heavy atom. The number of carboxylic acid groups (broad SMARTS) is 1. The second-order valence-electron chi connectivity index (χ2n) is 8.28. The molecule has 2 aliphatic heterocycles. The first-order valence-electron chi connectivity index (χ1n) is 10.6. The number of aliphatic carboxylic acids is 1. The molecular weight excluding hydrogens is 428 g/mol. The predicted molar refractivity (Wildman–Crippen MR) is 112 cm³/mol. The van der Waals surface area contributed by atoms with Crippen LogP contribution < -0.4 is 4.72 Å². The summed E-state index contributed by atoms with van der Waals surface area (Å²) in [6, 6.07) is 9.44. The molecule has 3 rings (SSSR count). The largest absolute Gasteiger partial charge is 0.477 e. The van der Waals surface area contributed by atoms with E-state index in [0.717, 1.165) is 18.4 Å². The molecule has 172 valence electrons. The Morgan fingerprint density at radius 1 is 1.16 bits per heavy atom. The first kappa shape index (κ1) is 23.8. The summed E-state index contributed by atoms with van der Waals surface area (Å²) in [6.07, 6.45) is 5.49. The summed E-state index contributed by atoms with van der Waals surface area (Å²) in [4.78, 5) is 10.5. The van der Waals surface area contributed by atoms with E-state index in [1.807, 2.05) is 30.3 Å². The molecule has 31 heavy (non-hydrogen) atoms. The number of nitrogens with one attached hydrogen (secondary N) is 1. The summed E-state index contributed by atoms with van der Waals surface area (Å²) < 4.78 is 59.8. The molecule has 2 saturated heterocycles. The number of carbonyl (C=O) groups is 1. The van der Waals surface area contributed by atoms with Gasteiger partial charge in [0.25, 0.3) is 0 Å². The molecule has 2 N–H and O–H groups in total. The van der Waals surface area contributed by atoms with Crippen LogP contribution in [0.1, 0.15) is 37.7 Å². The quantitative estimate of drug-likeness (QED) is 0.470. The number of hydrogen-bond donors (Lipinski definition) is 2. The van der Waals surface area contributed by atoms with E-state index in [-0.39, 0.29) is 36.2 Å². The number of rotatable bonds is 12. The molecule has 1 aromatic rings. The SMILES string of the molecule is O=C(O)C(F)(F)CCC=CC[C@@H]1[C@H](CNS(=O)(=O)CCc2ccccc2)[C@@H]2CC[C@H]1O2. The van der Waals surface area contributed by atoms with Gasteiger partial charge in [-0.1, -0.05) is 42.5 Å². The van der Waals surface area contributed by atoms with Crippen molar-refractivity contribution >= 4 is 16.0 Å². The van der Waals surface area contributed by atoms with Gasteiger partial charge in [0.05, 0.1) is 18.0 Å². The zero-order valence-electron chi connectivity index (χ0n) is 17.3. The van der Waals surface area contributed by atoms with Gasteiger partial charge in [-0.25, -0.2) is 17.9 Å². The van der Waals surface area contributed by atoms with E-state index in [1.165, 1.54) is 0 Å². The average molecular weight is 458 g/mol. The lowest BCUT2D eigenvalue weighted by Crippen LogP contribution is -2.39. The van der Waals surface area contributed by atoms with Gasteiger partial charge in [-0.2, -0.15) is 8.78 Å². The van der Waals surface area contributed by atoms with Crippen molar-refractivity contribution in [1.29, 1.82) is 0 Å². The molecule has 0 saturated carbocycles. The third kappa shape index (κ3) is 6.57. The van der Waals surface area contributed by atoms with Crippen molar-refractivity contribution in [3.05, 3.63) is 48.0 Å². The minimum absolute atomic E-state index is 0.0107. The number of alkyl halides is 2. The lowest BCUT2D eigenvalue weighted by molar-refractivity contribution is -0.165. The molecular formula is C22H29F2NO5S. The summed E-state index contributed by atoms with van der Waals surface area (Å²) in [7, 11) is -3.42. The highest BCUT2D eigenvalue weighted by molar-refractivity contribution is 7.89. The fourth-order valence-corrected chi connectivity index (χ4v) is 5.51. The molecule has 0 unspecified atom stereocenters. The Balaban J connectivity index is 1.48. The Bertz CT molecular complexity index is 875. The van der Waals surface area contributed by atoms with Crippen molar-refractivity contribution in [2.24, 2.45) is 11.8 Å². The van der Waals surface area contributed by atoms with Gasteiger partial charge in [0.2, 0.25) is 10.0 Å². The van der Waals surface area contributed by atoms with Crippen molar-refractivity contribution in [2.75, 3.05) is 12.3 Å². The number of sulfonamides is 1. The molecule has 0 aromatic heterocycles. The van der Waals surface area contributed by atoms with Crippen molar-refractivity contribution in [3.63, 3.8) is 0 Å². The highest BCUT2D eigenvalue weighted by Gasteiger charge is 2.48. The van der Waals surface area contributed by atoms with Crippen LogP contribution in [-0.2, 0) is 26.0 Å². The van der Waals surface area contributed by atoms with Gasteiger partial charge in [0.1, 0.15) is 0 Å².